The first-order valence-corrected chi connectivity index (χ1v) is 9.21. The number of nitrogens with one attached hydrogen (secondary N) is 1. The van der Waals surface area contributed by atoms with E-state index in [2.05, 4.69) is 33.6 Å². The normalized spacial score (nSPS) is 15.3. The second kappa shape index (κ2) is 8.30. The third-order valence-electron chi connectivity index (χ3n) is 4.90. The van der Waals surface area contributed by atoms with E-state index in [1.807, 2.05) is 13.0 Å². The third kappa shape index (κ3) is 4.28. The average Bonchev–Trinajstić information content (AvgIpc) is 3.02. The van der Waals surface area contributed by atoms with Crippen LogP contribution in [0.4, 0.5) is 0 Å². The molecule has 5 heteroatoms. The molecule has 1 fully saturated rings. The molecule has 1 aliphatic rings. The molecule has 0 bridgehead atoms. The van der Waals surface area contributed by atoms with Gasteiger partial charge in [-0.3, -0.25) is 9.69 Å². The van der Waals surface area contributed by atoms with Gasteiger partial charge in [-0.25, -0.2) is 0 Å². The summed E-state index contributed by atoms with van der Waals surface area (Å²) in [7, 11) is 0. The molecule has 1 aromatic heterocycles. The summed E-state index contributed by atoms with van der Waals surface area (Å²) in [4.78, 5) is 15.1. The Kier molecular flexibility index (Phi) is 5.87. The summed E-state index contributed by atoms with van der Waals surface area (Å²) in [5, 5.41) is 7.00. The molecule has 1 saturated heterocycles. The zero-order valence-corrected chi connectivity index (χ0v) is 15.2. The van der Waals surface area contributed by atoms with Gasteiger partial charge >= 0.3 is 0 Å². The average molecular weight is 341 g/mol. The van der Waals surface area contributed by atoms with Crippen molar-refractivity contribution in [2.75, 3.05) is 13.1 Å². The maximum atomic E-state index is 12.6. The van der Waals surface area contributed by atoms with Crippen LogP contribution in [0, 0.1) is 6.92 Å². The molecule has 1 amide bonds. The molecule has 0 radical (unpaired) electrons. The Morgan fingerprint density at radius 3 is 2.64 bits per heavy atom. The summed E-state index contributed by atoms with van der Waals surface area (Å²) in [5.41, 5.74) is 3.77. The minimum atomic E-state index is -0.108. The molecule has 2 heterocycles. The molecule has 5 nitrogen and oxygen atoms in total. The van der Waals surface area contributed by atoms with Crippen LogP contribution in [-0.4, -0.2) is 29.1 Å². The predicted molar refractivity (Wildman–Crippen MR) is 97.4 cm³/mol. The summed E-state index contributed by atoms with van der Waals surface area (Å²) in [6.07, 6.45) is 4.59. The summed E-state index contributed by atoms with van der Waals surface area (Å²) in [6.45, 7) is 7.57. The van der Waals surface area contributed by atoms with E-state index in [0.717, 1.165) is 12.2 Å². The highest BCUT2D eigenvalue weighted by Crippen LogP contribution is 2.17. The van der Waals surface area contributed by atoms with Crippen molar-refractivity contribution in [1.29, 1.82) is 0 Å². The molecule has 0 saturated carbocycles. The fourth-order valence-electron chi connectivity index (χ4n) is 3.46. The van der Waals surface area contributed by atoms with Crippen LogP contribution in [0.1, 0.15) is 59.1 Å². The van der Waals surface area contributed by atoms with Crippen LogP contribution in [0.15, 0.2) is 28.8 Å². The number of aromatic nitrogens is 1. The van der Waals surface area contributed by atoms with E-state index in [1.165, 1.54) is 43.5 Å². The SMILES string of the molecule is CCc1noc(C)c1C(=O)NCc1ccccc1CN1CCCCC1. The molecule has 2 aromatic rings. The van der Waals surface area contributed by atoms with Gasteiger partial charge in [0.05, 0.1) is 5.69 Å². The Morgan fingerprint density at radius 1 is 1.20 bits per heavy atom. The molecule has 1 N–H and O–H groups in total. The summed E-state index contributed by atoms with van der Waals surface area (Å²) >= 11 is 0. The number of amides is 1. The van der Waals surface area contributed by atoms with Crippen molar-refractivity contribution in [3.8, 4) is 0 Å². The first-order chi connectivity index (χ1) is 12.2. The fraction of sp³-hybridized carbons (Fsp3) is 0.500. The van der Waals surface area contributed by atoms with Gasteiger partial charge in [0, 0.05) is 13.1 Å². The molecule has 1 aromatic carbocycles. The van der Waals surface area contributed by atoms with E-state index in [0.29, 0.717) is 24.3 Å². The highest BCUT2D eigenvalue weighted by Gasteiger charge is 2.19. The minimum Gasteiger partial charge on any atom is -0.361 e. The Morgan fingerprint density at radius 2 is 1.92 bits per heavy atom. The molecule has 0 unspecified atom stereocenters. The van der Waals surface area contributed by atoms with Crippen molar-refractivity contribution < 1.29 is 9.32 Å². The monoisotopic (exact) mass is 341 g/mol. The molecule has 25 heavy (non-hydrogen) atoms. The third-order valence-corrected chi connectivity index (χ3v) is 4.90. The number of nitrogens with zero attached hydrogens (tertiary/aromatic N) is 2. The van der Waals surface area contributed by atoms with Crippen LogP contribution in [0.25, 0.3) is 0 Å². The number of piperidine rings is 1. The zero-order valence-electron chi connectivity index (χ0n) is 15.2. The lowest BCUT2D eigenvalue weighted by molar-refractivity contribution is 0.0948. The maximum absolute atomic E-state index is 12.6. The Balaban J connectivity index is 1.66. The summed E-state index contributed by atoms with van der Waals surface area (Å²) in [5.74, 6) is 0.472. The smallest absolute Gasteiger partial charge is 0.257 e. The van der Waals surface area contributed by atoms with Crippen LogP contribution < -0.4 is 5.32 Å². The highest BCUT2D eigenvalue weighted by atomic mass is 16.5. The lowest BCUT2D eigenvalue weighted by Gasteiger charge is -2.27. The van der Waals surface area contributed by atoms with Crippen LogP contribution in [0.5, 0.6) is 0 Å². The topological polar surface area (TPSA) is 58.4 Å². The minimum absolute atomic E-state index is 0.108. The van der Waals surface area contributed by atoms with Gasteiger partial charge in [-0.2, -0.15) is 0 Å². The van der Waals surface area contributed by atoms with E-state index in [-0.39, 0.29) is 5.91 Å². The van der Waals surface area contributed by atoms with Gasteiger partial charge in [0.25, 0.3) is 5.91 Å². The zero-order chi connectivity index (χ0) is 17.6. The summed E-state index contributed by atoms with van der Waals surface area (Å²) < 4.78 is 5.17. The molecule has 0 spiro atoms. The molecule has 0 atom stereocenters. The van der Waals surface area contributed by atoms with Gasteiger partial charge < -0.3 is 9.84 Å². The lowest BCUT2D eigenvalue weighted by atomic mass is 10.0. The number of hydrogen-bond acceptors (Lipinski definition) is 4. The quantitative estimate of drug-likeness (QED) is 0.874. The fourth-order valence-corrected chi connectivity index (χ4v) is 3.46. The van der Waals surface area contributed by atoms with Gasteiger partial charge in [-0.15, -0.1) is 0 Å². The van der Waals surface area contributed by atoms with Crippen LogP contribution in [0.3, 0.4) is 0 Å². The Bertz CT molecular complexity index is 717. The summed E-state index contributed by atoms with van der Waals surface area (Å²) in [6, 6.07) is 8.37. The van der Waals surface area contributed by atoms with Gasteiger partial charge in [0.2, 0.25) is 0 Å². The largest absolute Gasteiger partial charge is 0.361 e. The Labute approximate surface area is 149 Å². The number of rotatable bonds is 6. The van der Waals surface area contributed by atoms with Crippen molar-refractivity contribution in [2.24, 2.45) is 0 Å². The van der Waals surface area contributed by atoms with Crippen molar-refractivity contribution in [3.63, 3.8) is 0 Å². The van der Waals surface area contributed by atoms with Gasteiger partial charge in [0.15, 0.2) is 0 Å². The first kappa shape index (κ1) is 17.7. The van der Waals surface area contributed by atoms with E-state index < -0.39 is 0 Å². The van der Waals surface area contributed by atoms with Crippen LogP contribution in [0.2, 0.25) is 0 Å². The van der Waals surface area contributed by atoms with Crippen LogP contribution in [-0.2, 0) is 19.5 Å². The number of likely N-dealkylation sites (tertiary alicyclic amines) is 1. The van der Waals surface area contributed by atoms with Gasteiger partial charge in [-0.1, -0.05) is 42.8 Å². The number of aryl methyl sites for hydroxylation is 2. The molecule has 1 aliphatic heterocycles. The van der Waals surface area contributed by atoms with Crippen molar-refractivity contribution >= 4 is 5.91 Å². The molecule has 3 rings (SSSR count). The van der Waals surface area contributed by atoms with Crippen molar-refractivity contribution in [1.82, 2.24) is 15.4 Å². The predicted octanol–water partition coefficient (Wildman–Crippen LogP) is 3.46. The Hall–Kier alpha value is -2.14. The number of benzene rings is 1. The van der Waals surface area contributed by atoms with E-state index in [9.17, 15) is 4.79 Å². The van der Waals surface area contributed by atoms with E-state index in [4.69, 9.17) is 4.52 Å². The maximum Gasteiger partial charge on any atom is 0.257 e. The van der Waals surface area contributed by atoms with Crippen LogP contribution >= 0.6 is 0 Å². The number of hydrogen-bond donors (Lipinski definition) is 1. The highest BCUT2D eigenvalue weighted by molar-refractivity contribution is 5.96. The number of carbonyl (C=O) groups is 1. The van der Waals surface area contributed by atoms with Gasteiger partial charge in [-0.05, 0) is 50.4 Å². The van der Waals surface area contributed by atoms with Gasteiger partial charge in [0.1, 0.15) is 11.3 Å². The van der Waals surface area contributed by atoms with E-state index >= 15 is 0 Å². The molecule has 134 valence electrons. The first-order valence-electron chi connectivity index (χ1n) is 9.21. The van der Waals surface area contributed by atoms with Crippen molar-refractivity contribution in [2.45, 2.75) is 52.6 Å². The standard InChI is InChI=1S/C20H27N3O2/c1-3-18-19(15(2)25-22-18)20(24)21-13-16-9-5-6-10-17(16)14-23-11-7-4-8-12-23/h5-6,9-10H,3-4,7-8,11-14H2,1-2H3,(H,21,24). The second-order valence-corrected chi connectivity index (χ2v) is 6.70. The molecular formula is C20H27N3O2. The lowest BCUT2D eigenvalue weighted by Crippen LogP contribution is -2.30. The van der Waals surface area contributed by atoms with E-state index in [1.54, 1.807) is 6.92 Å². The second-order valence-electron chi connectivity index (χ2n) is 6.70. The number of carbonyl (C=O) groups excluding carboxylic acids is 1. The molecular weight excluding hydrogens is 314 g/mol. The van der Waals surface area contributed by atoms with Crippen molar-refractivity contribution in [3.05, 3.63) is 52.4 Å². The molecule has 0 aliphatic carbocycles.